The van der Waals surface area contributed by atoms with Crippen molar-refractivity contribution in [3.05, 3.63) is 35.9 Å². The Morgan fingerprint density at radius 3 is 2.28 bits per heavy atom. The summed E-state index contributed by atoms with van der Waals surface area (Å²) in [6, 6.07) is 8.42. The van der Waals surface area contributed by atoms with Gasteiger partial charge in [-0.25, -0.2) is 4.79 Å². The highest BCUT2D eigenvalue weighted by molar-refractivity contribution is 7.80. The zero-order chi connectivity index (χ0) is 13.7. The van der Waals surface area contributed by atoms with Gasteiger partial charge in [0, 0.05) is 0 Å². The van der Waals surface area contributed by atoms with Crippen molar-refractivity contribution in [2.24, 2.45) is 5.73 Å². The lowest BCUT2D eigenvalue weighted by atomic mass is 9.91. The normalized spacial score (nSPS) is 15.4. The molecule has 2 unspecified atom stereocenters. The van der Waals surface area contributed by atoms with Gasteiger partial charge in [-0.3, -0.25) is 5.32 Å². The third kappa shape index (κ3) is 3.66. The lowest BCUT2D eigenvalue weighted by Crippen LogP contribution is -2.46. The molecule has 18 heavy (non-hydrogen) atoms. The van der Waals surface area contributed by atoms with Crippen LogP contribution in [-0.4, -0.2) is 38.7 Å². The molecule has 0 fully saturated rings. The Morgan fingerprint density at radius 1 is 1.28 bits per heavy atom. The lowest BCUT2D eigenvalue weighted by Gasteiger charge is -2.27. The van der Waals surface area contributed by atoms with Crippen molar-refractivity contribution in [1.82, 2.24) is 5.32 Å². The number of carboxylic acid groups (broad SMARTS) is 1. The minimum atomic E-state index is -1.51. The second kappa shape index (κ2) is 6.29. The van der Waals surface area contributed by atoms with E-state index in [1.807, 2.05) is 5.32 Å². The van der Waals surface area contributed by atoms with Crippen LogP contribution < -0.4 is 11.1 Å². The monoisotopic (exact) mass is 270 g/mol. The highest BCUT2D eigenvalue weighted by Crippen LogP contribution is 2.23. The van der Waals surface area contributed by atoms with Gasteiger partial charge >= 0.3 is 6.09 Å². The Hall–Kier alpha value is -1.70. The van der Waals surface area contributed by atoms with Crippen molar-refractivity contribution in [1.29, 1.82) is 0 Å². The van der Waals surface area contributed by atoms with Gasteiger partial charge in [0.25, 0.3) is 0 Å². The van der Waals surface area contributed by atoms with Crippen molar-refractivity contribution >= 4 is 23.3 Å². The first-order valence-electron chi connectivity index (χ1n) is 5.13. The molecule has 98 valence electrons. The molecule has 1 aromatic rings. The number of nitrogens with one attached hydrogen (secondary N) is 1. The smallest absolute Gasteiger partial charge is 0.406 e. The molecule has 0 saturated heterocycles. The molecule has 1 rings (SSSR count). The Kier molecular flexibility index (Phi) is 5.02. The summed E-state index contributed by atoms with van der Waals surface area (Å²) in [7, 11) is 0. The van der Waals surface area contributed by atoms with Crippen LogP contribution in [0.15, 0.2) is 30.3 Å². The molecule has 0 aliphatic rings. The molecule has 0 spiro atoms. The topological polar surface area (TPSA) is 116 Å². The highest BCUT2D eigenvalue weighted by atomic mass is 32.1. The minimum Gasteiger partial charge on any atom is -0.465 e. The van der Waals surface area contributed by atoms with Crippen molar-refractivity contribution in [3.63, 3.8) is 0 Å². The van der Waals surface area contributed by atoms with Crippen LogP contribution in [0.4, 0.5) is 4.79 Å². The maximum atomic E-state index is 10.5. The lowest BCUT2D eigenvalue weighted by molar-refractivity contribution is 0.0597. The maximum absolute atomic E-state index is 10.5. The molecule has 3 atom stereocenters. The Morgan fingerprint density at radius 2 is 1.83 bits per heavy atom. The molecular weight excluding hydrogens is 256 g/mol. The van der Waals surface area contributed by atoms with E-state index < -0.39 is 24.3 Å². The van der Waals surface area contributed by atoms with Crippen LogP contribution in [0.2, 0.25) is 0 Å². The van der Waals surface area contributed by atoms with E-state index in [4.69, 9.17) is 10.8 Å². The largest absolute Gasteiger partial charge is 0.465 e. The van der Waals surface area contributed by atoms with Crippen LogP contribution in [0.1, 0.15) is 11.5 Å². The first-order valence-corrected chi connectivity index (χ1v) is 5.54. The average molecular weight is 270 g/mol. The molecule has 0 radical (unpaired) electrons. The standard InChI is InChI=1S/C11H14N2O4S/c12-9(18)8(14)7(10(15)13-11(16)17)6-4-2-1-3-5-6/h1-5,7-8,10,13-15H,(H2,12,18)(H,16,17)/t7?,8?,10-/m0/s1. The van der Waals surface area contributed by atoms with Gasteiger partial charge in [0.15, 0.2) is 0 Å². The van der Waals surface area contributed by atoms with Gasteiger partial charge in [-0.1, -0.05) is 42.5 Å². The second-order valence-electron chi connectivity index (χ2n) is 3.68. The summed E-state index contributed by atoms with van der Waals surface area (Å²) < 4.78 is 0. The van der Waals surface area contributed by atoms with Gasteiger partial charge in [0.05, 0.1) is 5.92 Å². The fourth-order valence-electron chi connectivity index (χ4n) is 1.61. The van der Waals surface area contributed by atoms with E-state index in [1.54, 1.807) is 30.3 Å². The fraction of sp³-hybridized carbons (Fsp3) is 0.273. The van der Waals surface area contributed by atoms with Crippen molar-refractivity contribution in [3.8, 4) is 0 Å². The maximum Gasteiger partial charge on any atom is 0.406 e. The molecule has 0 aliphatic heterocycles. The summed E-state index contributed by atoms with van der Waals surface area (Å²) in [6.45, 7) is 0. The SMILES string of the molecule is NC(=S)C(O)C(c1ccccc1)[C@H](O)NC(=O)O. The predicted molar refractivity (Wildman–Crippen MR) is 69.1 cm³/mol. The molecule has 0 saturated carbocycles. The third-order valence-corrected chi connectivity index (χ3v) is 2.67. The second-order valence-corrected chi connectivity index (χ2v) is 4.15. The van der Waals surface area contributed by atoms with E-state index in [2.05, 4.69) is 12.2 Å². The van der Waals surface area contributed by atoms with Crippen LogP contribution in [-0.2, 0) is 0 Å². The van der Waals surface area contributed by atoms with E-state index in [1.165, 1.54) is 0 Å². The van der Waals surface area contributed by atoms with Gasteiger partial charge in [-0.15, -0.1) is 0 Å². The Bertz CT molecular complexity index is 426. The number of aliphatic hydroxyl groups is 2. The van der Waals surface area contributed by atoms with E-state index in [9.17, 15) is 15.0 Å². The van der Waals surface area contributed by atoms with Crippen LogP contribution in [0.25, 0.3) is 0 Å². The summed E-state index contributed by atoms with van der Waals surface area (Å²) in [5.74, 6) is -0.959. The van der Waals surface area contributed by atoms with Gasteiger partial charge in [0.2, 0.25) is 0 Å². The van der Waals surface area contributed by atoms with Crippen LogP contribution in [0.5, 0.6) is 0 Å². The molecule has 1 aromatic carbocycles. The molecule has 0 heterocycles. The van der Waals surface area contributed by atoms with Gasteiger partial charge in [-0.05, 0) is 5.56 Å². The number of nitrogens with two attached hydrogens (primary N) is 1. The minimum absolute atomic E-state index is 0.213. The number of aliphatic hydroxyl groups excluding tert-OH is 2. The number of thiocarbonyl (C=S) groups is 1. The van der Waals surface area contributed by atoms with Crippen molar-refractivity contribution in [2.75, 3.05) is 0 Å². The van der Waals surface area contributed by atoms with E-state index in [0.29, 0.717) is 5.56 Å². The van der Waals surface area contributed by atoms with Crippen molar-refractivity contribution in [2.45, 2.75) is 18.2 Å². The predicted octanol–water partition coefficient (Wildman–Crippen LogP) is 0.00320. The van der Waals surface area contributed by atoms with E-state index in [0.717, 1.165) is 0 Å². The molecule has 0 aromatic heterocycles. The fourth-order valence-corrected chi connectivity index (χ4v) is 1.75. The van der Waals surface area contributed by atoms with Crippen molar-refractivity contribution < 1.29 is 20.1 Å². The summed E-state index contributed by atoms with van der Waals surface area (Å²) >= 11 is 4.67. The van der Waals surface area contributed by atoms with Gasteiger partial charge in [-0.2, -0.15) is 0 Å². The number of hydrogen-bond donors (Lipinski definition) is 5. The van der Waals surface area contributed by atoms with Gasteiger partial charge in [0.1, 0.15) is 17.3 Å². The Balaban J connectivity index is 3.02. The molecule has 7 heteroatoms. The molecule has 0 bridgehead atoms. The average Bonchev–Trinajstić information content (AvgIpc) is 2.29. The first-order chi connectivity index (χ1) is 8.43. The van der Waals surface area contributed by atoms with Crippen LogP contribution in [0.3, 0.4) is 0 Å². The number of amides is 1. The number of carbonyl (C=O) groups is 1. The number of benzene rings is 1. The van der Waals surface area contributed by atoms with Crippen LogP contribution >= 0.6 is 12.2 Å². The quantitative estimate of drug-likeness (QED) is 0.380. The van der Waals surface area contributed by atoms with E-state index in [-0.39, 0.29) is 4.99 Å². The Labute approximate surface area is 109 Å². The number of hydrogen-bond acceptors (Lipinski definition) is 4. The number of rotatable bonds is 5. The molecule has 6 nitrogen and oxygen atoms in total. The van der Waals surface area contributed by atoms with Crippen LogP contribution in [0, 0.1) is 0 Å². The summed E-state index contributed by atoms with van der Waals surface area (Å²) in [5.41, 5.74) is 5.86. The zero-order valence-corrected chi connectivity index (χ0v) is 10.2. The first kappa shape index (κ1) is 14.4. The molecule has 0 aliphatic carbocycles. The summed E-state index contributed by atoms with van der Waals surface area (Å²) in [6.07, 6.45) is -4.25. The summed E-state index contributed by atoms with van der Waals surface area (Å²) in [4.78, 5) is 10.3. The van der Waals surface area contributed by atoms with Gasteiger partial charge < -0.3 is 21.1 Å². The molecule has 1 amide bonds. The third-order valence-electron chi connectivity index (χ3n) is 2.43. The molecule has 6 N–H and O–H groups in total. The molecular formula is C11H14N2O4S. The highest BCUT2D eigenvalue weighted by Gasteiger charge is 2.31. The summed E-state index contributed by atoms with van der Waals surface area (Å²) in [5, 5.41) is 30.1. The zero-order valence-electron chi connectivity index (χ0n) is 9.35. The van der Waals surface area contributed by atoms with E-state index >= 15 is 0 Å².